The van der Waals surface area contributed by atoms with Gasteiger partial charge in [0.2, 0.25) is 11.8 Å². The molecule has 2 aromatic rings. The molecule has 0 aromatic heterocycles. The van der Waals surface area contributed by atoms with Crippen LogP contribution in [0.5, 0.6) is 0 Å². The Morgan fingerprint density at radius 3 is 2.46 bits per heavy atom. The number of nitrogens with zero attached hydrogens (tertiary/aromatic N) is 1. The van der Waals surface area contributed by atoms with Gasteiger partial charge in [-0.05, 0) is 30.2 Å². The molecule has 2 aromatic carbocycles. The zero-order valence-corrected chi connectivity index (χ0v) is 14.7. The van der Waals surface area contributed by atoms with Gasteiger partial charge in [-0.15, -0.1) is 0 Å². The van der Waals surface area contributed by atoms with Gasteiger partial charge in [0.15, 0.2) is 0 Å². The summed E-state index contributed by atoms with van der Waals surface area (Å²) in [6.07, 6.45) is 0. The van der Waals surface area contributed by atoms with Crippen LogP contribution in [0.1, 0.15) is 34.5 Å². The number of amides is 3. The molecule has 3 amide bonds. The average molecular weight is 351 g/mol. The molecular formula is C20H21N3O3. The molecular weight excluding hydrogens is 330 g/mol. The zero-order chi connectivity index (χ0) is 18.7. The highest BCUT2D eigenvalue weighted by molar-refractivity contribution is 5.98. The van der Waals surface area contributed by atoms with Gasteiger partial charge >= 0.3 is 0 Å². The molecule has 0 radical (unpaired) electrons. The summed E-state index contributed by atoms with van der Waals surface area (Å²) < 4.78 is 0. The molecule has 134 valence electrons. The topological polar surface area (TPSA) is 78.5 Å². The molecule has 2 unspecified atom stereocenters. The fourth-order valence-corrected chi connectivity index (χ4v) is 2.99. The lowest BCUT2D eigenvalue weighted by atomic mass is 9.95. The minimum Gasteiger partial charge on any atom is -0.341 e. The maximum Gasteiger partial charge on any atom is 0.251 e. The van der Waals surface area contributed by atoms with E-state index in [9.17, 15) is 14.4 Å². The van der Waals surface area contributed by atoms with Crippen molar-refractivity contribution in [2.45, 2.75) is 25.6 Å². The summed E-state index contributed by atoms with van der Waals surface area (Å²) in [6.45, 7) is 2.11. The molecule has 6 heteroatoms. The van der Waals surface area contributed by atoms with Gasteiger partial charge in [0, 0.05) is 19.2 Å². The summed E-state index contributed by atoms with van der Waals surface area (Å²) in [5.41, 5.74) is 2.28. The predicted molar refractivity (Wildman–Crippen MR) is 97.2 cm³/mol. The minimum absolute atomic E-state index is 0.168. The van der Waals surface area contributed by atoms with Gasteiger partial charge in [-0.3, -0.25) is 14.4 Å². The molecule has 6 nitrogen and oxygen atoms in total. The second-order valence-corrected chi connectivity index (χ2v) is 6.40. The lowest BCUT2D eigenvalue weighted by Crippen LogP contribution is -2.50. The van der Waals surface area contributed by atoms with Crippen molar-refractivity contribution in [1.82, 2.24) is 15.5 Å². The summed E-state index contributed by atoms with van der Waals surface area (Å²) in [7, 11) is 1.71. The number of hydrogen-bond donors (Lipinski definition) is 2. The first-order valence-electron chi connectivity index (χ1n) is 8.46. The Balaban J connectivity index is 1.71. The van der Waals surface area contributed by atoms with Crippen LogP contribution in [0.25, 0.3) is 0 Å². The smallest absolute Gasteiger partial charge is 0.251 e. The Hall–Kier alpha value is -3.15. The van der Waals surface area contributed by atoms with E-state index in [2.05, 4.69) is 10.6 Å². The minimum atomic E-state index is -0.769. The number of nitrogens with one attached hydrogen (secondary N) is 2. The van der Waals surface area contributed by atoms with Crippen molar-refractivity contribution in [2.75, 3.05) is 7.05 Å². The molecule has 3 rings (SSSR count). The number of carbonyl (C=O) groups excluding carboxylic acids is 3. The Bertz CT molecular complexity index is 835. The maximum absolute atomic E-state index is 12.5. The lowest BCUT2D eigenvalue weighted by molar-refractivity contribution is -0.137. The van der Waals surface area contributed by atoms with Crippen molar-refractivity contribution in [2.24, 2.45) is 0 Å². The molecule has 2 atom stereocenters. The molecule has 1 heterocycles. The van der Waals surface area contributed by atoms with E-state index in [0.717, 1.165) is 11.1 Å². The molecule has 1 aliphatic heterocycles. The van der Waals surface area contributed by atoms with Crippen molar-refractivity contribution < 1.29 is 14.4 Å². The molecule has 0 saturated carbocycles. The summed E-state index contributed by atoms with van der Waals surface area (Å²) in [6, 6.07) is 14.7. The largest absolute Gasteiger partial charge is 0.341 e. The van der Waals surface area contributed by atoms with E-state index in [1.54, 1.807) is 43.1 Å². The predicted octanol–water partition coefficient (Wildman–Crippen LogP) is 1.63. The van der Waals surface area contributed by atoms with E-state index in [1.165, 1.54) is 0 Å². The maximum atomic E-state index is 12.5. The van der Waals surface area contributed by atoms with Crippen LogP contribution in [0.2, 0.25) is 0 Å². The Morgan fingerprint density at radius 1 is 1.08 bits per heavy atom. The van der Waals surface area contributed by atoms with Crippen LogP contribution >= 0.6 is 0 Å². The third kappa shape index (κ3) is 3.59. The van der Waals surface area contributed by atoms with Crippen LogP contribution in [0.15, 0.2) is 54.6 Å². The van der Waals surface area contributed by atoms with Crippen LogP contribution in [0.3, 0.4) is 0 Å². The fourth-order valence-electron chi connectivity index (χ4n) is 2.99. The van der Waals surface area contributed by atoms with Gasteiger partial charge < -0.3 is 15.5 Å². The van der Waals surface area contributed by atoms with Crippen molar-refractivity contribution >= 4 is 17.7 Å². The quantitative estimate of drug-likeness (QED) is 0.879. The first-order chi connectivity index (χ1) is 12.5. The second-order valence-electron chi connectivity index (χ2n) is 6.40. The fraction of sp³-hybridized carbons (Fsp3) is 0.250. The van der Waals surface area contributed by atoms with Crippen LogP contribution < -0.4 is 10.6 Å². The number of carbonyl (C=O) groups is 3. The standard InChI is InChI=1S/C20H21N3O3/c1-13(21-19(25)14-8-4-3-5-9-14)18(24)22-17-16-11-7-6-10-15(16)12-23(2)20(17)26/h3-11,13,17H,12H2,1-2H3,(H,21,25)(H,22,24). The molecule has 0 fully saturated rings. The molecule has 2 N–H and O–H groups in total. The van der Waals surface area contributed by atoms with Gasteiger partial charge in [0.05, 0.1) is 0 Å². The zero-order valence-electron chi connectivity index (χ0n) is 14.7. The monoisotopic (exact) mass is 351 g/mol. The lowest BCUT2D eigenvalue weighted by Gasteiger charge is -2.32. The highest BCUT2D eigenvalue weighted by Crippen LogP contribution is 2.26. The van der Waals surface area contributed by atoms with E-state index in [0.29, 0.717) is 12.1 Å². The van der Waals surface area contributed by atoms with Gasteiger partial charge in [-0.2, -0.15) is 0 Å². The van der Waals surface area contributed by atoms with Crippen LogP contribution in [-0.2, 0) is 16.1 Å². The number of likely N-dealkylation sites (N-methyl/N-ethyl adjacent to an activating group) is 1. The number of rotatable bonds is 4. The number of fused-ring (bicyclic) bond motifs is 1. The van der Waals surface area contributed by atoms with Gasteiger partial charge in [-0.25, -0.2) is 0 Å². The average Bonchev–Trinajstić information content (AvgIpc) is 2.65. The van der Waals surface area contributed by atoms with Crippen LogP contribution in [0, 0.1) is 0 Å². The highest BCUT2D eigenvalue weighted by Gasteiger charge is 2.33. The van der Waals surface area contributed by atoms with E-state index >= 15 is 0 Å². The Morgan fingerprint density at radius 2 is 1.73 bits per heavy atom. The highest BCUT2D eigenvalue weighted by atomic mass is 16.2. The SMILES string of the molecule is CC(NC(=O)c1ccccc1)C(=O)NC1C(=O)N(C)Cc2ccccc21. The van der Waals surface area contributed by atoms with Crippen LogP contribution in [-0.4, -0.2) is 35.7 Å². The van der Waals surface area contributed by atoms with E-state index in [4.69, 9.17) is 0 Å². The third-order valence-corrected chi connectivity index (χ3v) is 4.46. The van der Waals surface area contributed by atoms with E-state index < -0.39 is 18.0 Å². The molecule has 0 aliphatic carbocycles. The van der Waals surface area contributed by atoms with Gasteiger partial charge in [-0.1, -0.05) is 42.5 Å². The van der Waals surface area contributed by atoms with Crippen molar-refractivity contribution in [1.29, 1.82) is 0 Å². The summed E-state index contributed by atoms with van der Waals surface area (Å²) in [4.78, 5) is 38.8. The number of benzene rings is 2. The first kappa shape index (κ1) is 17.7. The van der Waals surface area contributed by atoms with Crippen molar-refractivity contribution in [3.8, 4) is 0 Å². The Kier molecular flexibility index (Phi) is 5.02. The molecule has 0 saturated heterocycles. The van der Waals surface area contributed by atoms with E-state index in [1.807, 2.05) is 30.3 Å². The summed E-state index contributed by atoms with van der Waals surface area (Å²) >= 11 is 0. The number of hydrogen-bond acceptors (Lipinski definition) is 3. The van der Waals surface area contributed by atoms with Crippen molar-refractivity contribution in [3.63, 3.8) is 0 Å². The second kappa shape index (κ2) is 7.39. The Labute approximate surface area is 152 Å². The normalized spacial score (nSPS) is 17.2. The molecule has 26 heavy (non-hydrogen) atoms. The van der Waals surface area contributed by atoms with E-state index in [-0.39, 0.29) is 11.8 Å². The summed E-state index contributed by atoms with van der Waals surface area (Å²) in [5.74, 6) is -0.905. The van der Waals surface area contributed by atoms with Crippen molar-refractivity contribution in [3.05, 3.63) is 71.3 Å². The molecule has 1 aliphatic rings. The van der Waals surface area contributed by atoms with Crippen LogP contribution in [0.4, 0.5) is 0 Å². The molecule has 0 spiro atoms. The van der Waals surface area contributed by atoms with Gasteiger partial charge in [0.1, 0.15) is 12.1 Å². The summed E-state index contributed by atoms with van der Waals surface area (Å²) in [5, 5.41) is 5.43. The molecule has 0 bridgehead atoms. The van der Waals surface area contributed by atoms with Gasteiger partial charge in [0.25, 0.3) is 5.91 Å². The first-order valence-corrected chi connectivity index (χ1v) is 8.46. The third-order valence-electron chi connectivity index (χ3n) is 4.46.